The lowest BCUT2D eigenvalue weighted by Gasteiger charge is -2.21. The Bertz CT molecular complexity index is 1180. The normalized spacial score (nSPS) is 12.2. The van der Waals surface area contributed by atoms with Gasteiger partial charge in [0, 0.05) is 5.69 Å². The number of sulfonamides is 1. The summed E-state index contributed by atoms with van der Waals surface area (Å²) in [4.78, 5) is 13.4. The molecule has 0 heterocycles. The zero-order valence-corrected chi connectivity index (χ0v) is 20.0. The molecule has 0 unspecified atom stereocenters. The quantitative estimate of drug-likeness (QED) is 0.461. The lowest BCUT2D eigenvalue weighted by atomic mass is 10.0. The summed E-state index contributed by atoms with van der Waals surface area (Å²) in [6.07, 6.45) is 0.967. The third-order valence-electron chi connectivity index (χ3n) is 5.33. The van der Waals surface area contributed by atoms with E-state index < -0.39 is 22.0 Å². The molecule has 0 saturated heterocycles. The van der Waals surface area contributed by atoms with E-state index >= 15 is 0 Å². The van der Waals surface area contributed by atoms with Gasteiger partial charge in [0.1, 0.15) is 11.8 Å². The predicted octanol–water partition coefficient (Wildman–Crippen LogP) is 4.48. The highest BCUT2D eigenvalue weighted by molar-refractivity contribution is 7.89. The number of benzene rings is 3. The van der Waals surface area contributed by atoms with E-state index in [0.717, 1.165) is 28.8 Å². The van der Waals surface area contributed by atoms with Gasteiger partial charge in [0.15, 0.2) is 0 Å². The van der Waals surface area contributed by atoms with E-state index in [2.05, 4.69) is 10.0 Å². The molecule has 6 nitrogen and oxygen atoms in total. The molecule has 3 rings (SSSR count). The summed E-state index contributed by atoms with van der Waals surface area (Å²) < 4.78 is 34.2. The molecule has 1 amide bonds. The number of ether oxygens (including phenoxy) is 1. The summed E-state index contributed by atoms with van der Waals surface area (Å²) in [6.45, 7) is 6.28. The molecule has 0 aromatic heterocycles. The molecule has 33 heavy (non-hydrogen) atoms. The van der Waals surface area contributed by atoms with Gasteiger partial charge in [-0.1, -0.05) is 55.5 Å². The van der Waals surface area contributed by atoms with E-state index in [1.54, 1.807) is 12.1 Å². The van der Waals surface area contributed by atoms with E-state index in [1.807, 2.05) is 69.3 Å². The Morgan fingerprint density at radius 3 is 2.27 bits per heavy atom. The number of rotatable bonds is 10. The zero-order chi connectivity index (χ0) is 23.8. The number of nitrogens with one attached hydrogen (secondary N) is 2. The van der Waals surface area contributed by atoms with Gasteiger partial charge in [0.25, 0.3) is 0 Å². The first-order valence-electron chi connectivity index (χ1n) is 11.0. The predicted molar refractivity (Wildman–Crippen MR) is 131 cm³/mol. The third-order valence-corrected chi connectivity index (χ3v) is 6.82. The Morgan fingerprint density at radius 1 is 0.939 bits per heavy atom. The standard InChI is InChI=1S/C26H30N2O4S/c1-4-21-13-9-10-19(3)25(21)27-26(29)24(18-20-11-7-6-8-12-20)28-33(30,31)23-16-14-22(15-17-23)32-5-2/h6-17,24,28H,4-5,18H2,1-3H3,(H,27,29)/t24-/m1/s1. The molecule has 1 atom stereocenters. The number of aryl methyl sites for hydroxylation is 2. The minimum absolute atomic E-state index is 0.0713. The summed E-state index contributed by atoms with van der Waals surface area (Å²) in [6, 6.07) is 20.3. The molecule has 0 bridgehead atoms. The molecular formula is C26H30N2O4S. The van der Waals surface area contributed by atoms with Gasteiger partial charge in [-0.05, 0) is 67.6 Å². The van der Waals surface area contributed by atoms with Crippen LogP contribution in [0.1, 0.15) is 30.5 Å². The minimum atomic E-state index is -3.94. The molecular weight excluding hydrogens is 436 g/mol. The van der Waals surface area contributed by atoms with Crippen LogP contribution in [0.2, 0.25) is 0 Å². The SMILES string of the molecule is CCOc1ccc(S(=O)(=O)N[C@H](Cc2ccccc2)C(=O)Nc2c(C)cccc2CC)cc1. The van der Waals surface area contributed by atoms with Crippen LogP contribution in [-0.4, -0.2) is 27.0 Å². The molecule has 0 saturated carbocycles. The number of carbonyl (C=O) groups is 1. The first-order valence-corrected chi connectivity index (χ1v) is 12.5. The van der Waals surface area contributed by atoms with Crippen LogP contribution in [0, 0.1) is 6.92 Å². The van der Waals surface area contributed by atoms with Crippen LogP contribution in [-0.2, 0) is 27.7 Å². The minimum Gasteiger partial charge on any atom is -0.494 e. The summed E-state index contributed by atoms with van der Waals surface area (Å²) >= 11 is 0. The van der Waals surface area contributed by atoms with Gasteiger partial charge in [-0.3, -0.25) is 4.79 Å². The second kappa shape index (κ2) is 11.1. The highest BCUT2D eigenvalue weighted by Gasteiger charge is 2.27. The smallest absolute Gasteiger partial charge is 0.242 e. The number of anilines is 1. The highest BCUT2D eigenvalue weighted by atomic mass is 32.2. The average Bonchev–Trinajstić information content (AvgIpc) is 2.81. The third kappa shape index (κ3) is 6.43. The fourth-order valence-corrected chi connectivity index (χ4v) is 4.78. The summed E-state index contributed by atoms with van der Waals surface area (Å²) in [7, 11) is -3.94. The van der Waals surface area contributed by atoms with Crippen molar-refractivity contribution in [3.8, 4) is 5.75 Å². The molecule has 0 aliphatic heterocycles. The summed E-state index contributed by atoms with van der Waals surface area (Å²) in [5.41, 5.74) is 3.50. The van der Waals surface area contributed by atoms with Crippen molar-refractivity contribution in [1.29, 1.82) is 0 Å². The van der Waals surface area contributed by atoms with Crippen molar-refractivity contribution in [3.63, 3.8) is 0 Å². The van der Waals surface area contributed by atoms with Crippen LogP contribution in [0.15, 0.2) is 77.7 Å². The van der Waals surface area contributed by atoms with E-state index in [4.69, 9.17) is 4.74 Å². The number of hydrogen-bond acceptors (Lipinski definition) is 4. The second-order valence-corrected chi connectivity index (χ2v) is 9.43. The molecule has 174 valence electrons. The number of para-hydroxylation sites is 1. The van der Waals surface area contributed by atoms with Gasteiger partial charge < -0.3 is 10.1 Å². The van der Waals surface area contributed by atoms with Gasteiger partial charge in [-0.2, -0.15) is 4.72 Å². The second-order valence-electron chi connectivity index (χ2n) is 7.72. The Balaban J connectivity index is 1.88. The van der Waals surface area contributed by atoms with Crippen LogP contribution in [0.4, 0.5) is 5.69 Å². The number of hydrogen-bond donors (Lipinski definition) is 2. The molecule has 0 aliphatic rings. The van der Waals surface area contributed by atoms with Gasteiger partial charge in [-0.15, -0.1) is 0 Å². The Labute approximate surface area is 196 Å². The maximum Gasteiger partial charge on any atom is 0.242 e. The monoisotopic (exact) mass is 466 g/mol. The van der Waals surface area contributed by atoms with E-state index in [9.17, 15) is 13.2 Å². The van der Waals surface area contributed by atoms with Crippen molar-refractivity contribution >= 4 is 21.6 Å². The van der Waals surface area contributed by atoms with E-state index in [0.29, 0.717) is 12.4 Å². The van der Waals surface area contributed by atoms with Gasteiger partial charge in [-0.25, -0.2) is 8.42 Å². The van der Waals surface area contributed by atoms with Crippen LogP contribution in [0.3, 0.4) is 0 Å². The lowest BCUT2D eigenvalue weighted by Crippen LogP contribution is -2.45. The number of carbonyl (C=O) groups excluding carboxylic acids is 1. The van der Waals surface area contributed by atoms with Crippen LogP contribution in [0.5, 0.6) is 5.75 Å². The van der Waals surface area contributed by atoms with Gasteiger partial charge in [0.2, 0.25) is 15.9 Å². The topological polar surface area (TPSA) is 84.5 Å². The van der Waals surface area contributed by atoms with Crippen molar-refractivity contribution in [2.75, 3.05) is 11.9 Å². The molecule has 3 aromatic carbocycles. The fraction of sp³-hybridized carbons (Fsp3) is 0.269. The van der Waals surface area contributed by atoms with Crippen molar-refractivity contribution in [3.05, 3.63) is 89.5 Å². The van der Waals surface area contributed by atoms with Gasteiger partial charge in [0.05, 0.1) is 11.5 Å². The molecule has 0 radical (unpaired) electrons. The van der Waals surface area contributed by atoms with Crippen molar-refractivity contribution < 1.29 is 17.9 Å². The van der Waals surface area contributed by atoms with Crippen LogP contribution in [0.25, 0.3) is 0 Å². The first kappa shape index (κ1) is 24.5. The number of amides is 1. The molecule has 0 aliphatic carbocycles. The molecule has 0 spiro atoms. The van der Waals surface area contributed by atoms with E-state index in [1.165, 1.54) is 12.1 Å². The van der Waals surface area contributed by atoms with E-state index in [-0.39, 0.29) is 11.3 Å². The zero-order valence-electron chi connectivity index (χ0n) is 19.2. The summed E-state index contributed by atoms with van der Waals surface area (Å²) in [5, 5.41) is 2.96. The molecule has 0 fully saturated rings. The van der Waals surface area contributed by atoms with Gasteiger partial charge >= 0.3 is 0 Å². The highest BCUT2D eigenvalue weighted by Crippen LogP contribution is 2.22. The Kier molecular flexibility index (Phi) is 8.25. The average molecular weight is 467 g/mol. The Morgan fingerprint density at radius 2 is 1.64 bits per heavy atom. The fourth-order valence-electron chi connectivity index (χ4n) is 3.59. The lowest BCUT2D eigenvalue weighted by molar-refractivity contribution is -0.117. The maximum atomic E-state index is 13.3. The molecule has 7 heteroatoms. The summed E-state index contributed by atoms with van der Waals surface area (Å²) in [5.74, 6) is 0.180. The molecule has 3 aromatic rings. The Hall–Kier alpha value is -3.16. The van der Waals surface area contributed by atoms with Crippen molar-refractivity contribution in [2.45, 2.75) is 44.6 Å². The first-order chi connectivity index (χ1) is 15.8. The van der Waals surface area contributed by atoms with Crippen molar-refractivity contribution in [2.24, 2.45) is 0 Å². The molecule has 2 N–H and O–H groups in total. The van der Waals surface area contributed by atoms with Crippen LogP contribution >= 0.6 is 0 Å². The van der Waals surface area contributed by atoms with Crippen molar-refractivity contribution in [1.82, 2.24) is 4.72 Å². The maximum absolute atomic E-state index is 13.3. The largest absolute Gasteiger partial charge is 0.494 e. The van der Waals surface area contributed by atoms with Crippen LogP contribution < -0.4 is 14.8 Å².